The Kier molecular flexibility index (Phi) is 7.70. The highest BCUT2D eigenvalue weighted by Gasteiger charge is 2.18. The van der Waals surface area contributed by atoms with Gasteiger partial charge >= 0.3 is 11.7 Å². The van der Waals surface area contributed by atoms with E-state index < -0.39 is 17.6 Å². The number of H-pyrrole nitrogens is 1. The van der Waals surface area contributed by atoms with Gasteiger partial charge in [-0.15, -0.1) is 0 Å². The van der Waals surface area contributed by atoms with E-state index in [1.807, 2.05) is 18.2 Å². The molecule has 0 fully saturated rings. The zero-order chi connectivity index (χ0) is 22.1. The number of benzene rings is 2. The van der Waals surface area contributed by atoms with Crippen LogP contribution in [0.5, 0.6) is 0 Å². The van der Waals surface area contributed by atoms with Gasteiger partial charge in [-0.2, -0.15) is 0 Å². The second kappa shape index (κ2) is 10.9. The van der Waals surface area contributed by atoms with E-state index >= 15 is 0 Å². The summed E-state index contributed by atoms with van der Waals surface area (Å²) in [5, 5.41) is 2.85. The number of carbonyl (C=O) groups excluding carboxylic acids is 2. The highest BCUT2D eigenvalue weighted by molar-refractivity contribution is 5.94. The molecular formula is C24H25N3O4. The maximum Gasteiger partial charge on any atom is 0.344 e. The Morgan fingerprint density at radius 1 is 1.06 bits per heavy atom. The van der Waals surface area contributed by atoms with Crippen molar-refractivity contribution in [2.75, 3.05) is 6.61 Å². The molecular weight excluding hydrogens is 394 g/mol. The van der Waals surface area contributed by atoms with Crippen LogP contribution >= 0.6 is 0 Å². The van der Waals surface area contributed by atoms with Crippen LogP contribution in [-0.2, 0) is 16.0 Å². The second-order valence-corrected chi connectivity index (χ2v) is 7.09. The molecule has 0 bridgehead atoms. The minimum atomic E-state index is -0.529. The molecule has 7 nitrogen and oxygen atoms in total. The molecule has 0 aliphatic rings. The average molecular weight is 419 g/mol. The summed E-state index contributed by atoms with van der Waals surface area (Å²) in [5.74, 6) is -0.774. The number of nitrogens with one attached hydrogen (secondary N) is 2. The Balaban J connectivity index is 1.65. The van der Waals surface area contributed by atoms with Crippen molar-refractivity contribution in [3.63, 3.8) is 0 Å². The molecule has 31 heavy (non-hydrogen) atoms. The zero-order valence-electron chi connectivity index (χ0n) is 17.3. The van der Waals surface area contributed by atoms with Crippen LogP contribution in [0.2, 0.25) is 0 Å². The number of hydrogen-bond donors (Lipinski definition) is 2. The summed E-state index contributed by atoms with van der Waals surface area (Å²) < 4.78 is 5.04. The molecule has 7 heteroatoms. The number of rotatable bonds is 9. The van der Waals surface area contributed by atoms with Crippen molar-refractivity contribution in [3.8, 4) is 11.1 Å². The quantitative estimate of drug-likeness (QED) is 0.519. The summed E-state index contributed by atoms with van der Waals surface area (Å²) in [5.41, 5.74) is 3.08. The Morgan fingerprint density at radius 3 is 2.42 bits per heavy atom. The summed E-state index contributed by atoms with van der Waals surface area (Å²) in [6, 6.07) is 17.9. The SMILES string of the molecule is CCOC(=O)C[C@@H](CCc1ccc(-c2ccccc2)cc1)NC(=O)c1cnc(=O)[nH]c1. The average Bonchev–Trinajstić information content (AvgIpc) is 2.79. The van der Waals surface area contributed by atoms with Crippen molar-refractivity contribution in [3.05, 3.63) is 88.6 Å². The van der Waals surface area contributed by atoms with Crippen LogP contribution < -0.4 is 11.0 Å². The van der Waals surface area contributed by atoms with Crippen molar-refractivity contribution in [1.29, 1.82) is 0 Å². The van der Waals surface area contributed by atoms with Crippen molar-refractivity contribution < 1.29 is 14.3 Å². The molecule has 0 saturated heterocycles. The Bertz CT molecular complexity index is 1040. The minimum absolute atomic E-state index is 0.0679. The fourth-order valence-electron chi connectivity index (χ4n) is 3.22. The third-order valence-corrected chi connectivity index (χ3v) is 4.83. The molecule has 0 unspecified atom stereocenters. The van der Waals surface area contributed by atoms with Gasteiger partial charge in [-0.3, -0.25) is 9.59 Å². The molecule has 1 amide bonds. The van der Waals surface area contributed by atoms with Gasteiger partial charge in [-0.1, -0.05) is 54.6 Å². The summed E-state index contributed by atoms with van der Waals surface area (Å²) in [4.78, 5) is 41.5. The van der Waals surface area contributed by atoms with Crippen molar-refractivity contribution in [2.45, 2.75) is 32.2 Å². The summed E-state index contributed by atoms with van der Waals surface area (Å²) in [6.07, 6.45) is 3.82. The highest BCUT2D eigenvalue weighted by atomic mass is 16.5. The molecule has 0 saturated carbocycles. The van der Waals surface area contributed by atoms with Crippen LogP contribution in [0.25, 0.3) is 11.1 Å². The number of nitrogens with zero attached hydrogens (tertiary/aromatic N) is 1. The van der Waals surface area contributed by atoms with E-state index in [1.54, 1.807) is 6.92 Å². The first-order chi connectivity index (χ1) is 15.0. The van der Waals surface area contributed by atoms with E-state index in [4.69, 9.17) is 4.74 Å². The van der Waals surface area contributed by atoms with E-state index in [0.29, 0.717) is 12.8 Å². The molecule has 3 rings (SSSR count). The van der Waals surface area contributed by atoms with Gasteiger partial charge < -0.3 is 15.0 Å². The third-order valence-electron chi connectivity index (χ3n) is 4.83. The summed E-state index contributed by atoms with van der Waals surface area (Å²) in [6.45, 7) is 2.02. The minimum Gasteiger partial charge on any atom is -0.466 e. The molecule has 0 aliphatic heterocycles. The molecule has 1 heterocycles. The molecule has 0 radical (unpaired) electrons. The van der Waals surface area contributed by atoms with Crippen LogP contribution in [0.15, 0.2) is 71.8 Å². The normalized spacial score (nSPS) is 11.5. The number of hydrogen-bond acceptors (Lipinski definition) is 5. The number of aryl methyl sites for hydroxylation is 1. The van der Waals surface area contributed by atoms with Gasteiger partial charge in [0.05, 0.1) is 18.6 Å². The third kappa shape index (κ3) is 6.64. The first kappa shape index (κ1) is 22.0. The van der Waals surface area contributed by atoms with Crippen LogP contribution in [0.3, 0.4) is 0 Å². The molecule has 1 atom stereocenters. The van der Waals surface area contributed by atoms with E-state index in [9.17, 15) is 14.4 Å². The van der Waals surface area contributed by atoms with Crippen LogP contribution in [0, 0.1) is 0 Å². The van der Waals surface area contributed by atoms with Crippen LogP contribution in [0.4, 0.5) is 0 Å². The lowest BCUT2D eigenvalue weighted by molar-refractivity contribution is -0.143. The molecule has 2 aromatic carbocycles. The van der Waals surface area contributed by atoms with Crippen molar-refractivity contribution >= 4 is 11.9 Å². The Morgan fingerprint density at radius 2 is 1.77 bits per heavy atom. The van der Waals surface area contributed by atoms with E-state index in [1.165, 1.54) is 12.4 Å². The standard InChI is InChI=1S/C24H25N3O4/c1-2-31-22(28)14-21(27-23(29)20-15-25-24(30)26-16-20)13-10-17-8-11-19(12-9-17)18-6-4-3-5-7-18/h3-9,11-12,15-16,21H,2,10,13-14H2,1H3,(H,27,29)(H,25,26,30)/t21-/m1/s1. The van der Waals surface area contributed by atoms with Gasteiger partial charge in [-0.05, 0) is 36.5 Å². The van der Waals surface area contributed by atoms with E-state index in [2.05, 4.69) is 51.7 Å². The predicted octanol–water partition coefficient (Wildman–Crippen LogP) is 3.12. The number of esters is 1. The van der Waals surface area contributed by atoms with Crippen LogP contribution in [-0.4, -0.2) is 34.5 Å². The Hall–Kier alpha value is -3.74. The van der Waals surface area contributed by atoms with Crippen LogP contribution in [0.1, 0.15) is 35.7 Å². The zero-order valence-corrected chi connectivity index (χ0v) is 17.3. The number of ether oxygens (including phenoxy) is 1. The van der Waals surface area contributed by atoms with Gasteiger partial charge in [0.15, 0.2) is 0 Å². The number of carbonyl (C=O) groups is 2. The van der Waals surface area contributed by atoms with Gasteiger partial charge in [0, 0.05) is 18.4 Å². The fraction of sp³-hybridized carbons (Fsp3) is 0.250. The van der Waals surface area contributed by atoms with Gasteiger partial charge in [-0.25, -0.2) is 9.78 Å². The topological polar surface area (TPSA) is 101 Å². The molecule has 3 aromatic rings. The lowest BCUT2D eigenvalue weighted by Gasteiger charge is -2.18. The number of aromatic amines is 1. The first-order valence-electron chi connectivity index (χ1n) is 10.2. The van der Waals surface area contributed by atoms with Crippen molar-refractivity contribution in [1.82, 2.24) is 15.3 Å². The second-order valence-electron chi connectivity index (χ2n) is 7.09. The molecule has 0 spiro atoms. The number of aromatic nitrogens is 2. The van der Waals surface area contributed by atoms with Gasteiger partial charge in [0.1, 0.15) is 0 Å². The summed E-state index contributed by atoms with van der Waals surface area (Å²) >= 11 is 0. The summed E-state index contributed by atoms with van der Waals surface area (Å²) in [7, 11) is 0. The van der Waals surface area contributed by atoms with Gasteiger partial charge in [0.2, 0.25) is 0 Å². The fourth-order valence-corrected chi connectivity index (χ4v) is 3.22. The van der Waals surface area contributed by atoms with Gasteiger partial charge in [0.25, 0.3) is 5.91 Å². The van der Waals surface area contributed by atoms with Crippen molar-refractivity contribution in [2.24, 2.45) is 0 Å². The molecule has 0 aliphatic carbocycles. The maximum absolute atomic E-state index is 12.5. The Labute approximate surface area is 180 Å². The first-order valence-corrected chi connectivity index (χ1v) is 10.2. The largest absolute Gasteiger partial charge is 0.466 e. The smallest absolute Gasteiger partial charge is 0.344 e. The molecule has 160 valence electrons. The maximum atomic E-state index is 12.5. The van der Waals surface area contributed by atoms with E-state index in [-0.39, 0.29) is 24.6 Å². The highest BCUT2D eigenvalue weighted by Crippen LogP contribution is 2.20. The lowest BCUT2D eigenvalue weighted by atomic mass is 9.99. The monoisotopic (exact) mass is 419 g/mol. The number of amides is 1. The van der Waals surface area contributed by atoms with E-state index in [0.717, 1.165) is 16.7 Å². The predicted molar refractivity (Wildman–Crippen MR) is 118 cm³/mol. The molecule has 1 aromatic heterocycles. The molecule has 2 N–H and O–H groups in total. The lowest BCUT2D eigenvalue weighted by Crippen LogP contribution is -2.37.